The largest absolute Gasteiger partial charge is 0.356 e. The van der Waals surface area contributed by atoms with Crippen molar-refractivity contribution >= 4 is 5.96 Å². The molecule has 2 rings (SSSR count). The van der Waals surface area contributed by atoms with Gasteiger partial charge < -0.3 is 10.6 Å². The van der Waals surface area contributed by atoms with Gasteiger partial charge in [-0.2, -0.15) is 0 Å². The SMILES string of the molecule is CN=C(NCCC1=CCCCC1)NC1CC=CC1. The van der Waals surface area contributed by atoms with Crippen molar-refractivity contribution in [3.63, 3.8) is 0 Å². The first kappa shape index (κ1) is 13.2. The molecule has 18 heavy (non-hydrogen) atoms. The van der Waals surface area contributed by atoms with E-state index in [1.54, 1.807) is 5.57 Å². The molecule has 2 aliphatic carbocycles. The van der Waals surface area contributed by atoms with Crippen LogP contribution in [-0.4, -0.2) is 25.6 Å². The molecule has 0 aliphatic heterocycles. The lowest BCUT2D eigenvalue weighted by Gasteiger charge is -2.18. The van der Waals surface area contributed by atoms with Crippen LogP contribution in [0, 0.1) is 0 Å². The smallest absolute Gasteiger partial charge is 0.191 e. The molecular weight excluding hydrogens is 222 g/mol. The van der Waals surface area contributed by atoms with E-state index in [1.165, 1.54) is 25.7 Å². The van der Waals surface area contributed by atoms with Crippen LogP contribution in [0.1, 0.15) is 44.9 Å². The van der Waals surface area contributed by atoms with E-state index in [4.69, 9.17) is 0 Å². The topological polar surface area (TPSA) is 36.4 Å². The third-order valence-electron chi connectivity index (χ3n) is 3.70. The number of rotatable bonds is 4. The monoisotopic (exact) mass is 247 g/mol. The summed E-state index contributed by atoms with van der Waals surface area (Å²) in [6.45, 7) is 0.992. The number of nitrogens with one attached hydrogen (secondary N) is 2. The van der Waals surface area contributed by atoms with Gasteiger partial charge in [0.2, 0.25) is 0 Å². The molecule has 0 atom stereocenters. The Hall–Kier alpha value is -1.25. The van der Waals surface area contributed by atoms with E-state index < -0.39 is 0 Å². The summed E-state index contributed by atoms with van der Waals surface area (Å²) in [6.07, 6.45) is 15.6. The maximum Gasteiger partial charge on any atom is 0.191 e. The quantitative estimate of drug-likeness (QED) is 0.455. The highest BCUT2D eigenvalue weighted by Crippen LogP contribution is 2.19. The fourth-order valence-corrected chi connectivity index (χ4v) is 2.60. The molecule has 0 spiro atoms. The van der Waals surface area contributed by atoms with E-state index in [0.29, 0.717) is 6.04 Å². The third-order valence-corrected chi connectivity index (χ3v) is 3.70. The first-order chi connectivity index (χ1) is 8.88. The maximum absolute atomic E-state index is 4.28. The van der Waals surface area contributed by atoms with Crippen molar-refractivity contribution < 1.29 is 0 Å². The van der Waals surface area contributed by atoms with Gasteiger partial charge in [0.05, 0.1) is 0 Å². The minimum atomic E-state index is 0.532. The average molecular weight is 247 g/mol. The van der Waals surface area contributed by atoms with Gasteiger partial charge in [0.1, 0.15) is 0 Å². The van der Waals surface area contributed by atoms with Crippen LogP contribution in [0.2, 0.25) is 0 Å². The van der Waals surface area contributed by atoms with E-state index in [0.717, 1.165) is 31.8 Å². The van der Waals surface area contributed by atoms with Gasteiger partial charge >= 0.3 is 0 Å². The summed E-state index contributed by atoms with van der Waals surface area (Å²) in [5.74, 6) is 0.945. The first-order valence-electron chi connectivity index (χ1n) is 7.18. The summed E-state index contributed by atoms with van der Waals surface area (Å²) in [4.78, 5) is 4.28. The number of allylic oxidation sites excluding steroid dienone is 1. The fourth-order valence-electron chi connectivity index (χ4n) is 2.60. The molecule has 0 aromatic heterocycles. The number of guanidine groups is 1. The van der Waals surface area contributed by atoms with Crippen molar-refractivity contribution in [2.24, 2.45) is 4.99 Å². The van der Waals surface area contributed by atoms with Crippen LogP contribution in [0.15, 0.2) is 28.8 Å². The molecule has 0 bridgehead atoms. The van der Waals surface area contributed by atoms with E-state index in [2.05, 4.69) is 33.9 Å². The Morgan fingerprint density at radius 1 is 1.33 bits per heavy atom. The molecule has 0 radical (unpaired) electrons. The van der Waals surface area contributed by atoms with Crippen LogP contribution in [-0.2, 0) is 0 Å². The molecule has 0 saturated heterocycles. The normalized spacial score (nSPS) is 20.9. The highest BCUT2D eigenvalue weighted by atomic mass is 15.2. The minimum Gasteiger partial charge on any atom is -0.356 e. The fraction of sp³-hybridized carbons (Fsp3) is 0.667. The molecule has 0 unspecified atom stereocenters. The van der Waals surface area contributed by atoms with Gasteiger partial charge in [-0.05, 0) is 44.9 Å². The Morgan fingerprint density at radius 2 is 2.17 bits per heavy atom. The van der Waals surface area contributed by atoms with Crippen molar-refractivity contribution in [1.82, 2.24) is 10.6 Å². The van der Waals surface area contributed by atoms with Crippen LogP contribution >= 0.6 is 0 Å². The Kier molecular flexibility index (Phi) is 5.31. The first-order valence-corrected chi connectivity index (χ1v) is 7.18. The van der Waals surface area contributed by atoms with Crippen molar-refractivity contribution in [2.75, 3.05) is 13.6 Å². The van der Waals surface area contributed by atoms with Gasteiger partial charge in [-0.15, -0.1) is 0 Å². The standard InChI is InChI=1S/C15H25N3/c1-16-15(18-14-9-5-6-10-14)17-12-11-13-7-3-2-4-8-13/h5-7,14H,2-4,8-12H2,1H3,(H2,16,17,18). The predicted octanol–water partition coefficient (Wildman–Crippen LogP) is 2.76. The van der Waals surface area contributed by atoms with Crippen molar-refractivity contribution in [1.29, 1.82) is 0 Å². The van der Waals surface area contributed by atoms with Crippen LogP contribution in [0.3, 0.4) is 0 Å². The minimum absolute atomic E-state index is 0.532. The lowest BCUT2D eigenvalue weighted by molar-refractivity contribution is 0.626. The molecule has 0 fully saturated rings. The Bertz CT molecular complexity index is 334. The van der Waals surface area contributed by atoms with Crippen molar-refractivity contribution in [3.8, 4) is 0 Å². The van der Waals surface area contributed by atoms with Crippen LogP contribution in [0.5, 0.6) is 0 Å². The lowest BCUT2D eigenvalue weighted by Crippen LogP contribution is -2.42. The Morgan fingerprint density at radius 3 is 2.83 bits per heavy atom. The van der Waals surface area contributed by atoms with E-state index >= 15 is 0 Å². The number of hydrogen-bond acceptors (Lipinski definition) is 1. The second kappa shape index (κ2) is 7.24. The molecule has 2 N–H and O–H groups in total. The zero-order valence-electron chi connectivity index (χ0n) is 11.4. The zero-order chi connectivity index (χ0) is 12.6. The molecule has 0 saturated carbocycles. The molecule has 0 amide bonds. The van der Waals surface area contributed by atoms with Crippen molar-refractivity contribution in [3.05, 3.63) is 23.8 Å². The van der Waals surface area contributed by atoms with E-state index in [1.807, 2.05) is 7.05 Å². The van der Waals surface area contributed by atoms with Crippen LogP contribution in [0.4, 0.5) is 0 Å². The van der Waals surface area contributed by atoms with Crippen molar-refractivity contribution in [2.45, 2.75) is 51.0 Å². The summed E-state index contributed by atoms with van der Waals surface area (Å²) in [5.41, 5.74) is 1.62. The van der Waals surface area contributed by atoms with E-state index in [9.17, 15) is 0 Å². The summed E-state index contributed by atoms with van der Waals surface area (Å²) in [5, 5.41) is 6.87. The van der Waals surface area contributed by atoms with Crippen LogP contribution in [0.25, 0.3) is 0 Å². The second-order valence-corrected chi connectivity index (χ2v) is 5.14. The predicted molar refractivity (Wildman–Crippen MR) is 77.8 cm³/mol. The molecule has 3 nitrogen and oxygen atoms in total. The number of aliphatic imine (C=N–C) groups is 1. The molecule has 100 valence electrons. The van der Waals surface area contributed by atoms with Gasteiger partial charge in [0.25, 0.3) is 0 Å². The Labute approximate surface area is 110 Å². The molecule has 3 heteroatoms. The molecule has 0 aromatic carbocycles. The van der Waals surface area contributed by atoms with E-state index in [-0.39, 0.29) is 0 Å². The van der Waals surface area contributed by atoms with Gasteiger partial charge in [0, 0.05) is 19.6 Å². The summed E-state index contributed by atoms with van der Waals surface area (Å²) in [6, 6.07) is 0.532. The molecule has 0 heterocycles. The third kappa shape index (κ3) is 4.21. The van der Waals surface area contributed by atoms with Gasteiger partial charge in [-0.3, -0.25) is 4.99 Å². The number of hydrogen-bond donors (Lipinski definition) is 2. The lowest BCUT2D eigenvalue weighted by atomic mass is 9.97. The van der Waals surface area contributed by atoms with Gasteiger partial charge in [0.15, 0.2) is 5.96 Å². The summed E-state index contributed by atoms with van der Waals surface area (Å²) < 4.78 is 0. The Balaban J connectivity index is 1.65. The van der Waals surface area contributed by atoms with Gasteiger partial charge in [-0.1, -0.05) is 23.8 Å². The summed E-state index contributed by atoms with van der Waals surface area (Å²) >= 11 is 0. The molecule has 2 aliphatic rings. The highest BCUT2D eigenvalue weighted by molar-refractivity contribution is 5.80. The average Bonchev–Trinajstić information content (AvgIpc) is 2.92. The molecule has 0 aromatic rings. The summed E-state index contributed by atoms with van der Waals surface area (Å²) in [7, 11) is 1.84. The van der Waals surface area contributed by atoms with Crippen LogP contribution < -0.4 is 10.6 Å². The van der Waals surface area contributed by atoms with Gasteiger partial charge in [-0.25, -0.2) is 0 Å². The highest BCUT2D eigenvalue weighted by Gasteiger charge is 2.11. The zero-order valence-corrected chi connectivity index (χ0v) is 11.4. The molecular formula is C15H25N3. The number of nitrogens with zero attached hydrogens (tertiary/aromatic N) is 1. The second-order valence-electron chi connectivity index (χ2n) is 5.14. The maximum atomic E-state index is 4.28.